The second-order valence-electron chi connectivity index (χ2n) is 4.58. The molecule has 1 aliphatic heterocycles. The number of benzene rings is 2. The normalized spacial score (nSPS) is 15.9. The van der Waals surface area contributed by atoms with E-state index in [1.54, 1.807) is 0 Å². The molecule has 3 rings (SSSR count). The Bertz CT molecular complexity index is 575. The quantitative estimate of drug-likeness (QED) is 0.413. The zero-order valence-electron chi connectivity index (χ0n) is 9.17. The Labute approximate surface area is 90.5 Å². The first kappa shape index (κ1) is 10.1. The minimum atomic E-state index is -1.39. The Morgan fingerprint density at radius 2 is 2.00 bits per heavy atom. The molecule has 0 saturated carbocycles. The summed E-state index contributed by atoms with van der Waals surface area (Å²) in [5, 5.41) is 3.85. The molecule has 1 aliphatic rings. The van der Waals surface area contributed by atoms with Crippen LogP contribution in [0.1, 0.15) is 0 Å². The van der Waals surface area contributed by atoms with Crippen LogP contribution < -0.4 is 5.19 Å². The minimum Gasteiger partial charge on any atom is -0.313 e. The molecule has 1 radical (unpaired) electrons. The van der Waals surface area contributed by atoms with Gasteiger partial charge in [-0.15, -0.1) is 35.0 Å². The third-order valence-corrected chi connectivity index (χ3v) is 5.59. The number of hydrogen-bond donors (Lipinski definition) is 0. The molecule has 2 aromatic rings. The van der Waals surface area contributed by atoms with Gasteiger partial charge in [-0.1, -0.05) is 30.4 Å². The van der Waals surface area contributed by atoms with Gasteiger partial charge < -0.3 is 4.99 Å². The Balaban J connectivity index is 0.000000963. The second-order valence-corrected chi connectivity index (χ2v) is 8.82. The van der Waals surface area contributed by atoms with E-state index in [2.05, 4.69) is 48.2 Å². The van der Waals surface area contributed by atoms with E-state index in [0.29, 0.717) is 0 Å². The summed E-state index contributed by atoms with van der Waals surface area (Å²) in [4.78, 5) is 4.59. The van der Waals surface area contributed by atoms with Gasteiger partial charge in [0.2, 0.25) is 0 Å². The molecule has 89 valence electrons. The molecule has 1 heterocycles. The van der Waals surface area contributed by atoms with Crippen LogP contribution in [0.4, 0.5) is 5.69 Å². The molecule has 0 bridgehead atoms. The molecule has 2 aromatic carbocycles. The van der Waals surface area contributed by atoms with Crippen molar-refractivity contribution in [2.75, 3.05) is 0 Å². The van der Waals surface area contributed by atoms with Crippen LogP contribution in [0.25, 0.3) is 10.8 Å². The van der Waals surface area contributed by atoms with Gasteiger partial charge in [0.15, 0.2) is 0 Å². The Morgan fingerprint density at radius 1 is 1.19 bits per heavy atom. The molecule has 0 fully saturated rings. The summed E-state index contributed by atoms with van der Waals surface area (Å²) in [7, 11) is -1.39. The predicted octanol–water partition coefficient (Wildman–Crippen LogP) is 2.81. The van der Waals surface area contributed by atoms with Gasteiger partial charge in [0.25, 0.3) is 0 Å². The molecule has 0 atom stereocenters. The van der Waals surface area contributed by atoms with Gasteiger partial charge in [-0.25, -0.2) is 0 Å². The van der Waals surface area contributed by atoms with Gasteiger partial charge in [-0.3, -0.25) is 0 Å². The summed E-state index contributed by atoms with van der Waals surface area (Å²) < 4.78 is 0. The monoisotopic (exact) mass is 472 g/mol. The fourth-order valence-electron chi connectivity index (χ4n) is 2.13. The van der Waals surface area contributed by atoms with E-state index in [1.807, 2.05) is 12.1 Å². The fourth-order valence-corrected chi connectivity index (χ4v) is 4.03. The molecular formula is C13H12LrNSi-. The van der Waals surface area contributed by atoms with E-state index in [0.717, 1.165) is 5.69 Å². The molecule has 0 unspecified atom stereocenters. The number of aliphatic imine (C=N–C) groups is 1. The van der Waals surface area contributed by atoms with Gasteiger partial charge in [0, 0.05) is 0 Å². The number of fused-ring (bicyclic) bond motifs is 3. The Kier molecular flexibility index (Phi) is 1.92. The average molecular weight is 472 g/mol. The summed E-state index contributed by atoms with van der Waals surface area (Å²) in [5.41, 5.74) is 1.16. The maximum atomic E-state index is 4.59. The smallest absolute Gasteiger partial charge is 0.117 e. The van der Waals surface area contributed by atoms with Crippen molar-refractivity contribution in [1.29, 1.82) is 0 Å². The Hall–Kier alpha value is -2.41. The topological polar surface area (TPSA) is 12.4 Å². The first-order valence-corrected chi connectivity index (χ1v) is 8.25. The van der Waals surface area contributed by atoms with Crippen LogP contribution in [0.3, 0.4) is 0 Å². The zero-order chi connectivity index (χ0) is 10.5. The second kappa shape index (κ2) is 3.04. The van der Waals surface area contributed by atoms with E-state index in [4.69, 9.17) is 0 Å². The summed E-state index contributed by atoms with van der Waals surface area (Å²) >= 11 is 0. The van der Waals surface area contributed by atoms with Crippen molar-refractivity contribution in [3.05, 3.63) is 36.4 Å². The molecular weight excluding hydrogens is 460 g/mol. The minimum absolute atomic E-state index is 0. The van der Waals surface area contributed by atoms with E-state index in [-0.39, 0.29) is 0 Å². The van der Waals surface area contributed by atoms with Crippen LogP contribution >= 0.6 is 0 Å². The first-order valence-electron chi connectivity index (χ1n) is 5.18. The van der Waals surface area contributed by atoms with Crippen molar-refractivity contribution >= 4 is 35.6 Å². The first-order chi connectivity index (χ1) is 7.18. The summed E-state index contributed by atoms with van der Waals surface area (Å²) in [6, 6.07) is 13.8. The van der Waals surface area contributed by atoms with E-state index in [1.165, 1.54) is 16.0 Å². The Morgan fingerprint density at radius 3 is 2.81 bits per heavy atom. The van der Waals surface area contributed by atoms with Crippen LogP contribution in [0, 0.1) is 6.07 Å². The third kappa shape index (κ3) is 1.15. The molecule has 0 aliphatic carbocycles. The molecule has 0 N–H and O–H groups in total. The molecule has 0 spiro atoms. The maximum Gasteiger partial charge on any atom is 0.117 e. The van der Waals surface area contributed by atoms with Gasteiger partial charge in [0.05, 0.1) is 0 Å². The molecule has 3 heteroatoms. The zero-order valence-corrected chi connectivity index (χ0v) is 12.3. The van der Waals surface area contributed by atoms with Crippen molar-refractivity contribution in [2.24, 2.45) is 4.99 Å². The van der Waals surface area contributed by atoms with Crippen molar-refractivity contribution in [1.82, 2.24) is 0 Å². The molecule has 0 amide bonds. The van der Waals surface area contributed by atoms with Crippen LogP contribution in [-0.4, -0.2) is 13.9 Å². The van der Waals surface area contributed by atoms with Crippen LogP contribution in [0.2, 0.25) is 13.1 Å². The molecule has 0 saturated heterocycles. The number of nitrogens with zero attached hydrogens (tertiary/aromatic N) is 1. The van der Waals surface area contributed by atoms with Crippen LogP contribution in [-0.2, 0) is 0 Å². The third-order valence-electron chi connectivity index (χ3n) is 3.02. The SMILES string of the molecule is C[Si]1(C)C=Nc2c1ccc1ccc[c-]c21.[Lr]. The van der Waals surface area contributed by atoms with Crippen LogP contribution in [0.15, 0.2) is 35.3 Å². The summed E-state index contributed by atoms with van der Waals surface area (Å²) in [5.74, 6) is 2.16. The van der Waals surface area contributed by atoms with E-state index >= 15 is 0 Å². The van der Waals surface area contributed by atoms with Crippen molar-refractivity contribution in [2.45, 2.75) is 13.1 Å². The van der Waals surface area contributed by atoms with Gasteiger partial charge >= 0.3 is 0 Å². The van der Waals surface area contributed by atoms with Gasteiger partial charge in [-0.2, -0.15) is 0 Å². The molecule has 0 aromatic heterocycles. The van der Waals surface area contributed by atoms with E-state index in [9.17, 15) is 0 Å². The van der Waals surface area contributed by atoms with Gasteiger partial charge in [0.1, 0.15) is 8.07 Å². The number of hydrogen-bond acceptors (Lipinski definition) is 1. The number of rotatable bonds is 0. The maximum absolute atomic E-state index is 4.59. The van der Waals surface area contributed by atoms with Gasteiger partial charge in [-0.05, 0) is 11.5 Å². The largest absolute Gasteiger partial charge is 0.313 e. The molecule has 16 heavy (non-hydrogen) atoms. The summed E-state index contributed by atoms with van der Waals surface area (Å²) in [6.07, 6.45) is 0. The predicted molar refractivity (Wildman–Crippen MR) is 68.1 cm³/mol. The van der Waals surface area contributed by atoms with Crippen molar-refractivity contribution in [3.63, 3.8) is 0 Å². The fraction of sp³-hybridized carbons (Fsp3) is 0.154. The molecule has 1 nitrogen and oxygen atoms in total. The average Bonchev–Trinajstić information content (AvgIpc) is 2.55. The summed E-state index contributed by atoms with van der Waals surface area (Å²) in [6.45, 7) is 4.66. The van der Waals surface area contributed by atoms with Crippen molar-refractivity contribution < 1.29 is 0 Å². The standard InChI is InChI=1S/C13H12NSi.Lr/c1-15(2)9-14-13-11-6-4-3-5-10(11)7-8-12(13)15;/h3-5,7-9H,1-2H3;/q-1;. The van der Waals surface area contributed by atoms with Crippen LogP contribution in [0.5, 0.6) is 0 Å². The van der Waals surface area contributed by atoms with E-state index < -0.39 is 8.07 Å². The van der Waals surface area contributed by atoms with Crippen molar-refractivity contribution in [3.8, 4) is 0 Å².